The average Bonchev–Trinajstić information content (AvgIpc) is 3.02. The second kappa shape index (κ2) is 15.2. The topological polar surface area (TPSA) is 61.4 Å². The second-order valence-electron chi connectivity index (χ2n) is 10.6. The van der Waals surface area contributed by atoms with Gasteiger partial charge in [-0.15, -0.1) is 0 Å². The molecule has 3 aromatic rings. The molecule has 2 unspecified atom stereocenters. The molecule has 2 aliphatic rings. The van der Waals surface area contributed by atoms with Crippen molar-refractivity contribution in [2.75, 3.05) is 64.6 Å². The van der Waals surface area contributed by atoms with Gasteiger partial charge in [0.15, 0.2) is 11.6 Å². The predicted molar refractivity (Wildman–Crippen MR) is 158 cm³/mol. The fourth-order valence-electron chi connectivity index (χ4n) is 5.45. The minimum Gasteiger partial charge on any atom is -0.493 e. The smallest absolute Gasteiger partial charge is 0.162 e. The lowest BCUT2D eigenvalue weighted by Gasteiger charge is -2.33. The summed E-state index contributed by atoms with van der Waals surface area (Å²) in [4.78, 5) is 2.37. The fraction of sp³-hybridized carbons (Fsp3) is 0.455. The van der Waals surface area contributed by atoms with Gasteiger partial charge < -0.3 is 33.9 Å². The molecular formula is C33H40F2N2O5. The summed E-state index contributed by atoms with van der Waals surface area (Å²) in [6.45, 7) is 6.35. The first-order valence-corrected chi connectivity index (χ1v) is 14.7. The monoisotopic (exact) mass is 582 g/mol. The lowest BCUT2D eigenvalue weighted by atomic mass is 9.87. The fourth-order valence-corrected chi connectivity index (χ4v) is 5.45. The number of nitrogens with zero attached hydrogens (tertiary/aromatic N) is 1. The van der Waals surface area contributed by atoms with Crippen LogP contribution in [-0.4, -0.2) is 65.8 Å². The van der Waals surface area contributed by atoms with Gasteiger partial charge in [-0.25, -0.2) is 8.78 Å². The predicted octanol–water partition coefficient (Wildman–Crippen LogP) is 5.71. The van der Waals surface area contributed by atoms with E-state index < -0.39 is 11.6 Å². The average molecular weight is 583 g/mol. The molecule has 0 radical (unpaired) electrons. The Labute approximate surface area is 246 Å². The van der Waals surface area contributed by atoms with E-state index in [4.69, 9.17) is 23.7 Å². The Bertz CT molecular complexity index is 1280. The van der Waals surface area contributed by atoms with Crippen molar-refractivity contribution in [3.63, 3.8) is 0 Å². The van der Waals surface area contributed by atoms with Crippen LogP contribution in [0.15, 0.2) is 60.7 Å². The van der Waals surface area contributed by atoms with E-state index in [0.29, 0.717) is 38.6 Å². The van der Waals surface area contributed by atoms with Gasteiger partial charge in [0, 0.05) is 45.2 Å². The molecule has 9 heteroatoms. The summed E-state index contributed by atoms with van der Waals surface area (Å²) in [5.74, 6) is 0.498. The lowest BCUT2D eigenvalue weighted by molar-refractivity contribution is 0.0106. The Hall–Kier alpha value is -3.40. The Morgan fingerprint density at radius 1 is 0.905 bits per heavy atom. The molecule has 1 fully saturated rings. The van der Waals surface area contributed by atoms with Crippen molar-refractivity contribution < 1.29 is 32.5 Å². The van der Waals surface area contributed by atoms with Crippen LogP contribution in [0.25, 0.3) is 0 Å². The van der Waals surface area contributed by atoms with Gasteiger partial charge in [-0.05, 0) is 66.9 Å². The van der Waals surface area contributed by atoms with Crippen molar-refractivity contribution in [2.24, 2.45) is 0 Å². The third-order valence-electron chi connectivity index (χ3n) is 7.68. The Balaban J connectivity index is 1.10. The second-order valence-corrected chi connectivity index (χ2v) is 10.6. The van der Waals surface area contributed by atoms with Gasteiger partial charge in [0.25, 0.3) is 0 Å². The van der Waals surface area contributed by atoms with Crippen LogP contribution < -0.4 is 24.4 Å². The highest BCUT2D eigenvalue weighted by Gasteiger charge is 2.27. The largest absolute Gasteiger partial charge is 0.493 e. The molecule has 3 aromatic carbocycles. The first-order valence-electron chi connectivity index (χ1n) is 14.7. The van der Waals surface area contributed by atoms with Crippen molar-refractivity contribution in [1.29, 1.82) is 0 Å². The Morgan fingerprint density at radius 3 is 2.52 bits per heavy atom. The van der Waals surface area contributed by atoms with Gasteiger partial charge in [0.2, 0.25) is 0 Å². The highest BCUT2D eigenvalue weighted by atomic mass is 19.2. The number of hydrogen-bond donors (Lipinski definition) is 1. The Morgan fingerprint density at radius 2 is 1.71 bits per heavy atom. The quantitative estimate of drug-likeness (QED) is 0.244. The number of nitrogens with one attached hydrogen (secondary N) is 1. The van der Waals surface area contributed by atoms with Crippen LogP contribution in [0.5, 0.6) is 17.2 Å². The molecule has 2 aliphatic heterocycles. The normalized spacial score (nSPS) is 18.3. The number of rotatable bonds is 14. The summed E-state index contributed by atoms with van der Waals surface area (Å²) in [5, 5.41) is 3.48. The first-order chi connectivity index (χ1) is 20.6. The van der Waals surface area contributed by atoms with Crippen LogP contribution in [-0.2, 0) is 16.1 Å². The molecule has 0 bridgehead atoms. The molecule has 0 saturated carbocycles. The SMILES string of the molecule is COCCCN1CCOc2ccc(COC3CNCCC3c3ccc(OCCCOc4ccc(F)c(F)c4)cc3)cc21. The van der Waals surface area contributed by atoms with Gasteiger partial charge in [-0.1, -0.05) is 18.2 Å². The highest BCUT2D eigenvalue weighted by molar-refractivity contribution is 5.61. The molecule has 0 spiro atoms. The van der Waals surface area contributed by atoms with E-state index in [-0.39, 0.29) is 12.0 Å². The molecule has 2 atom stereocenters. The van der Waals surface area contributed by atoms with Crippen LogP contribution in [0.2, 0.25) is 0 Å². The van der Waals surface area contributed by atoms with Gasteiger partial charge in [-0.2, -0.15) is 0 Å². The zero-order valence-electron chi connectivity index (χ0n) is 24.2. The standard InChI is InChI=1S/C33H40F2N2O5/c1-38-16-2-14-37-15-19-41-32-11-4-24(20-31(32)37)23-42-33-22-36-13-12-28(33)25-5-7-26(8-6-25)39-17-3-18-40-27-9-10-29(34)30(35)21-27/h4-11,20-21,28,33,36H,2-3,12-19,22-23H2,1H3. The summed E-state index contributed by atoms with van der Waals surface area (Å²) in [5.41, 5.74) is 3.50. The van der Waals surface area contributed by atoms with Crippen LogP contribution in [0, 0.1) is 11.6 Å². The molecular weight excluding hydrogens is 542 g/mol. The molecule has 0 amide bonds. The number of halogens is 2. The van der Waals surface area contributed by atoms with Crippen LogP contribution in [0.4, 0.5) is 14.5 Å². The molecule has 1 N–H and O–H groups in total. The van der Waals surface area contributed by atoms with Crippen LogP contribution in [0.1, 0.15) is 36.3 Å². The molecule has 0 aromatic heterocycles. The maximum Gasteiger partial charge on any atom is 0.162 e. The molecule has 2 heterocycles. The third kappa shape index (κ3) is 8.12. The number of piperidine rings is 1. The molecule has 0 aliphatic carbocycles. The van der Waals surface area contributed by atoms with Crippen molar-refractivity contribution in [3.8, 4) is 17.2 Å². The van der Waals surface area contributed by atoms with E-state index in [1.807, 2.05) is 12.1 Å². The van der Waals surface area contributed by atoms with E-state index in [9.17, 15) is 8.78 Å². The molecule has 42 heavy (non-hydrogen) atoms. The summed E-state index contributed by atoms with van der Waals surface area (Å²) in [6.07, 6.45) is 2.65. The first kappa shape index (κ1) is 30.1. The molecule has 1 saturated heterocycles. The maximum absolute atomic E-state index is 13.3. The number of hydrogen-bond acceptors (Lipinski definition) is 7. The summed E-state index contributed by atoms with van der Waals surface area (Å²) >= 11 is 0. The van der Waals surface area contributed by atoms with Gasteiger partial charge in [0.05, 0.1) is 38.2 Å². The lowest BCUT2D eigenvalue weighted by Crippen LogP contribution is -2.41. The third-order valence-corrected chi connectivity index (χ3v) is 7.68. The number of anilines is 1. The molecule has 5 rings (SSSR count). The van der Waals surface area contributed by atoms with Gasteiger partial charge in [0.1, 0.15) is 23.9 Å². The maximum atomic E-state index is 13.3. The highest BCUT2D eigenvalue weighted by Crippen LogP contribution is 2.34. The number of fused-ring (bicyclic) bond motifs is 1. The molecule has 7 nitrogen and oxygen atoms in total. The number of methoxy groups -OCH3 is 1. The van der Waals surface area contributed by atoms with E-state index in [1.165, 1.54) is 11.6 Å². The summed E-state index contributed by atoms with van der Waals surface area (Å²) < 4.78 is 55.3. The number of ether oxygens (including phenoxy) is 5. The minimum atomic E-state index is -0.917. The van der Waals surface area contributed by atoms with Crippen molar-refractivity contribution >= 4 is 5.69 Å². The summed E-state index contributed by atoms with van der Waals surface area (Å²) in [7, 11) is 1.74. The minimum absolute atomic E-state index is 0.0593. The zero-order valence-corrected chi connectivity index (χ0v) is 24.2. The van der Waals surface area contributed by atoms with Crippen molar-refractivity contribution in [1.82, 2.24) is 5.32 Å². The summed E-state index contributed by atoms with van der Waals surface area (Å²) in [6, 6.07) is 18.1. The van der Waals surface area contributed by atoms with E-state index in [0.717, 1.165) is 80.5 Å². The van der Waals surface area contributed by atoms with Crippen molar-refractivity contribution in [3.05, 3.63) is 83.4 Å². The zero-order chi connectivity index (χ0) is 29.1. The Kier molecular flexibility index (Phi) is 10.9. The molecule has 226 valence electrons. The van der Waals surface area contributed by atoms with Gasteiger partial charge in [-0.3, -0.25) is 0 Å². The van der Waals surface area contributed by atoms with Crippen LogP contribution in [0.3, 0.4) is 0 Å². The van der Waals surface area contributed by atoms with E-state index in [1.54, 1.807) is 7.11 Å². The van der Waals surface area contributed by atoms with E-state index >= 15 is 0 Å². The van der Waals surface area contributed by atoms with Gasteiger partial charge >= 0.3 is 0 Å². The van der Waals surface area contributed by atoms with E-state index in [2.05, 4.69) is 40.5 Å². The number of benzene rings is 3. The van der Waals surface area contributed by atoms with Crippen LogP contribution >= 0.6 is 0 Å². The van der Waals surface area contributed by atoms with Crippen molar-refractivity contribution in [2.45, 2.75) is 37.9 Å².